The quantitative estimate of drug-likeness (QED) is 0.617. The Kier molecular flexibility index (Phi) is 4.36. The number of amides is 1. The van der Waals surface area contributed by atoms with Gasteiger partial charge in [-0.1, -0.05) is 37.8 Å². The first-order valence-corrected chi connectivity index (χ1v) is 14.6. The summed E-state index contributed by atoms with van der Waals surface area (Å²) in [7, 11) is -3.64. The lowest BCUT2D eigenvalue weighted by Gasteiger charge is -2.30. The highest BCUT2D eigenvalue weighted by Gasteiger charge is 2.41. The number of rotatable bonds is 4. The molecule has 1 heterocycles. The second-order valence-electron chi connectivity index (χ2n) is 7.66. The molecular weight excluding hydrogens is 308 g/mol. The first-order valence-electron chi connectivity index (χ1n) is 7.78. The zero-order valence-electron chi connectivity index (χ0n) is 14.7. The van der Waals surface area contributed by atoms with E-state index in [1.807, 2.05) is 4.57 Å². The molecule has 0 radical (unpaired) electrons. The van der Waals surface area contributed by atoms with Gasteiger partial charge < -0.3 is 9.09 Å². The molecule has 22 heavy (non-hydrogen) atoms. The summed E-state index contributed by atoms with van der Waals surface area (Å²) >= 11 is 0. The van der Waals surface area contributed by atoms with Crippen molar-refractivity contribution in [1.82, 2.24) is 0 Å². The fourth-order valence-corrected chi connectivity index (χ4v) is 4.45. The van der Waals surface area contributed by atoms with E-state index in [0.29, 0.717) is 5.71 Å². The van der Waals surface area contributed by atoms with Gasteiger partial charge in [0.25, 0.3) is 14.2 Å². The lowest BCUT2D eigenvalue weighted by molar-refractivity contribution is -0.111. The average Bonchev–Trinajstić information content (AvgIpc) is 2.65. The Morgan fingerprint density at radius 1 is 1.14 bits per heavy atom. The van der Waals surface area contributed by atoms with Gasteiger partial charge in [-0.2, -0.15) is 0 Å². The van der Waals surface area contributed by atoms with E-state index in [0.717, 1.165) is 17.7 Å². The number of carbonyl (C=O) groups is 1. The molecule has 0 saturated carbocycles. The Hall–Kier alpha value is -1.41. The van der Waals surface area contributed by atoms with Gasteiger partial charge in [-0.05, 0) is 43.8 Å². The molecule has 120 valence electrons. The molecule has 0 bridgehead atoms. The standard InChI is InChI=1S/C16H26N2O2Si2/c1-8-12-9-10-14-13(11-12)15(17-20-22(5,6)7)16(19)18(14)21(2,3)4/h9-11H,8H2,1-7H3/b17-15-. The molecule has 1 aromatic rings. The minimum atomic E-state index is -1.82. The number of hydrogen-bond donors (Lipinski definition) is 0. The zero-order chi connectivity index (χ0) is 16.7. The SMILES string of the molecule is CCc1ccc2c(c1)/C(=N/O[Si](C)(C)C)C(=O)N2[Si](C)(C)C. The summed E-state index contributed by atoms with van der Waals surface area (Å²) in [6, 6.07) is 6.24. The minimum Gasteiger partial charge on any atom is -0.455 e. The Labute approximate surface area is 135 Å². The number of fused-ring (bicyclic) bond motifs is 1. The van der Waals surface area contributed by atoms with Crippen molar-refractivity contribution >= 4 is 33.9 Å². The van der Waals surface area contributed by atoms with Crippen molar-refractivity contribution in [2.45, 2.75) is 52.6 Å². The van der Waals surface area contributed by atoms with Gasteiger partial charge in [0.05, 0.1) is 0 Å². The molecule has 0 N–H and O–H groups in total. The normalized spacial score (nSPS) is 17.1. The van der Waals surface area contributed by atoms with Crippen molar-refractivity contribution in [2.75, 3.05) is 4.57 Å². The second kappa shape index (κ2) is 5.66. The first kappa shape index (κ1) is 17.0. The maximum atomic E-state index is 12.9. The summed E-state index contributed by atoms with van der Waals surface area (Å²) in [5, 5.41) is 4.27. The van der Waals surface area contributed by atoms with E-state index in [4.69, 9.17) is 4.53 Å². The Morgan fingerprint density at radius 3 is 2.27 bits per heavy atom. The molecule has 0 spiro atoms. The van der Waals surface area contributed by atoms with E-state index >= 15 is 0 Å². The van der Waals surface area contributed by atoms with Crippen LogP contribution in [0.3, 0.4) is 0 Å². The van der Waals surface area contributed by atoms with Gasteiger partial charge in [-0.3, -0.25) is 4.79 Å². The summed E-state index contributed by atoms with van der Waals surface area (Å²) in [6.45, 7) is 14.8. The van der Waals surface area contributed by atoms with Crippen LogP contribution in [0.25, 0.3) is 0 Å². The van der Waals surface area contributed by atoms with E-state index in [2.05, 4.69) is 69.6 Å². The summed E-state index contributed by atoms with van der Waals surface area (Å²) in [5.74, 6) is -0.0133. The van der Waals surface area contributed by atoms with Crippen LogP contribution in [-0.4, -0.2) is 28.2 Å². The Balaban J connectivity index is 2.56. The number of hydrogen-bond acceptors (Lipinski definition) is 3. The van der Waals surface area contributed by atoms with E-state index in [1.54, 1.807) is 0 Å². The highest BCUT2D eigenvalue weighted by molar-refractivity contribution is 6.87. The maximum absolute atomic E-state index is 12.9. The monoisotopic (exact) mass is 334 g/mol. The molecule has 1 aliphatic rings. The molecule has 1 aromatic carbocycles. The molecule has 1 amide bonds. The second-order valence-corrected chi connectivity index (χ2v) is 16.9. The highest BCUT2D eigenvalue weighted by Crippen LogP contribution is 2.34. The van der Waals surface area contributed by atoms with Crippen LogP contribution in [0.5, 0.6) is 0 Å². The van der Waals surface area contributed by atoms with Gasteiger partial charge in [-0.15, -0.1) is 0 Å². The third-order valence-corrected chi connectivity index (χ3v) is 5.88. The van der Waals surface area contributed by atoms with Crippen molar-refractivity contribution in [3.05, 3.63) is 29.3 Å². The smallest absolute Gasteiger partial charge is 0.278 e. The number of nitrogens with zero attached hydrogens (tertiary/aromatic N) is 2. The molecule has 0 aromatic heterocycles. The zero-order valence-corrected chi connectivity index (χ0v) is 16.7. The molecular formula is C16H26N2O2Si2. The lowest BCUT2D eigenvalue weighted by Crippen LogP contribution is -2.49. The van der Waals surface area contributed by atoms with Crippen molar-refractivity contribution in [1.29, 1.82) is 0 Å². The Bertz CT molecular complexity index is 628. The molecule has 0 aliphatic carbocycles. The number of carbonyl (C=O) groups excluding carboxylic acids is 1. The Morgan fingerprint density at radius 2 is 1.77 bits per heavy atom. The van der Waals surface area contributed by atoms with Crippen molar-refractivity contribution < 1.29 is 9.32 Å². The van der Waals surface area contributed by atoms with Crippen LogP contribution in [0.4, 0.5) is 5.69 Å². The van der Waals surface area contributed by atoms with Crippen molar-refractivity contribution in [2.24, 2.45) is 5.16 Å². The summed E-state index contributed by atoms with van der Waals surface area (Å²) in [4.78, 5) is 12.9. The molecule has 0 atom stereocenters. The summed E-state index contributed by atoms with van der Waals surface area (Å²) < 4.78 is 7.62. The van der Waals surface area contributed by atoms with Crippen LogP contribution in [0, 0.1) is 0 Å². The predicted octanol–water partition coefficient (Wildman–Crippen LogP) is 3.99. The highest BCUT2D eigenvalue weighted by atomic mass is 28.4. The third-order valence-electron chi connectivity index (χ3n) is 3.45. The molecule has 6 heteroatoms. The topological polar surface area (TPSA) is 41.9 Å². The largest absolute Gasteiger partial charge is 0.455 e. The van der Waals surface area contributed by atoms with Crippen LogP contribution in [-0.2, 0) is 15.7 Å². The van der Waals surface area contributed by atoms with Crippen LogP contribution in [0.2, 0.25) is 39.3 Å². The average molecular weight is 335 g/mol. The van der Waals surface area contributed by atoms with Crippen molar-refractivity contribution in [3.8, 4) is 0 Å². The van der Waals surface area contributed by atoms with Crippen LogP contribution in [0.1, 0.15) is 18.1 Å². The van der Waals surface area contributed by atoms with E-state index < -0.39 is 16.6 Å². The number of oxime groups is 1. The lowest BCUT2D eigenvalue weighted by atomic mass is 10.1. The summed E-state index contributed by atoms with van der Waals surface area (Å²) in [6.07, 6.45) is 0.941. The van der Waals surface area contributed by atoms with Crippen LogP contribution >= 0.6 is 0 Å². The fourth-order valence-electron chi connectivity index (χ4n) is 2.46. The fraction of sp³-hybridized carbons (Fsp3) is 0.500. The number of benzene rings is 1. The molecule has 0 unspecified atom stereocenters. The molecule has 0 saturated heterocycles. The predicted molar refractivity (Wildman–Crippen MR) is 97.6 cm³/mol. The minimum absolute atomic E-state index is 0.0133. The van der Waals surface area contributed by atoms with Gasteiger partial charge in [0.15, 0.2) is 13.9 Å². The van der Waals surface area contributed by atoms with E-state index in [-0.39, 0.29) is 5.91 Å². The molecule has 1 aliphatic heterocycles. The molecule has 4 nitrogen and oxygen atoms in total. The van der Waals surface area contributed by atoms with Gasteiger partial charge in [-0.25, -0.2) is 0 Å². The van der Waals surface area contributed by atoms with E-state index in [1.165, 1.54) is 5.56 Å². The van der Waals surface area contributed by atoms with Crippen LogP contribution < -0.4 is 4.57 Å². The van der Waals surface area contributed by atoms with Gasteiger partial charge in [0, 0.05) is 11.3 Å². The van der Waals surface area contributed by atoms with E-state index in [9.17, 15) is 4.79 Å². The molecule has 0 fully saturated rings. The maximum Gasteiger partial charge on any atom is 0.278 e. The van der Waals surface area contributed by atoms with Gasteiger partial charge in [0.2, 0.25) is 0 Å². The third kappa shape index (κ3) is 3.33. The van der Waals surface area contributed by atoms with Gasteiger partial charge in [0.1, 0.15) is 0 Å². The number of aryl methyl sites for hydroxylation is 1. The van der Waals surface area contributed by atoms with Crippen molar-refractivity contribution in [3.63, 3.8) is 0 Å². The number of anilines is 1. The molecule has 2 rings (SSSR count). The van der Waals surface area contributed by atoms with Crippen LogP contribution in [0.15, 0.2) is 23.4 Å². The first-order chi connectivity index (χ1) is 10.0. The van der Waals surface area contributed by atoms with Gasteiger partial charge >= 0.3 is 0 Å². The summed E-state index contributed by atoms with van der Waals surface area (Å²) in [5.41, 5.74) is 3.59.